The van der Waals surface area contributed by atoms with Gasteiger partial charge in [0.2, 0.25) is 5.95 Å². The Morgan fingerprint density at radius 2 is 1.76 bits per heavy atom. The van der Waals surface area contributed by atoms with Crippen molar-refractivity contribution in [2.24, 2.45) is 0 Å². The lowest BCUT2D eigenvalue weighted by Crippen LogP contribution is -2.37. The maximum atomic E-state index is 5.53. The fourth-order valence-corrected chi connectivity index (χ4v) is 4.04. The van der Waals surface area contributed by atoms with Crippen LogP contribution in [0.3, 0.4) is 0 Å². The van der Waals surface area contributed by atoms with Crippen molar-refractivity contribution in [2.45, 2.75) is 33.6 Å². The van der Waals surface area contributed by atoms with Crippen LogP contribution in [-0.2, 0) is 4.74 Å². The SMILES string of the molecule is Cc1cc(C)c(C(C)C)cc1-c1n[nH]c(=S)n1-c1cnc(N2CCOCC2)nc1. The summed E-state index contributed by atoms with van der Waals surface area (Å²) in [7, 11) is 0. The lowest BCUT2D eigenvalue weighted by atomic mass is 9.93. The number of ether oxygens (including phenoxy) is 1. The number of aryl methyl sites for hydroxylation is 2. The topological polar surface area (TPSA) is 71.9 Å². The highest BCUT2D eigenvalue weighted by Crippen LogP contribution is 2.30. The number of nitrogens with zero attached hydrogens (tertiary/aromatic N) is 5. The predicted octanol–water partition coefficient (Wildman–Crippen LogP) is 3.96. The van der Waals surface area contributed by atoms with Gasteiger partial charge in [0.1, 0.15) is 0 Å². The summed E-state index contributed by atoms with van der Waals surface area (Å²) in [6.45, 7) is 11.7. The Balaban J connectivity index is 1.75. The van der Waals surface area contributed by atoms with Crippen LogP contribution in [0.5, 0.6) is 0 Å². The Morgan fingerprint density at radius 1 is 1.07 bits per heavy atom. The third-order valence-electron chi connectivity index (χ3n) is 5.32. The van der Waals surface area contributed by atoms with Crippen LogP contribution in [0.1, 0.15) is 36.5 Å². The van der Waals surface area contributed by atoms with E-state index in [1.807, 2.05) is 4.57 Å². The largest absolute Gasteiger partial charge is 0.378 e. The molecule has 0 aliphatic carbocycles. The number of rotatable bonds is 4. The third-order valence-corrected chi connectivity index (χ3v) is 5.60. The van der Waals surface area contributed by atoms with Crippen molar-refractivity contribution in [3.05, 3.63) is 46.0 Å². The molecular formula is C21H26N6OS. The van der Waals surface area contributed by atoms with E-state index in [-0.39, 0.29) is 0 Å². The number of H-pyrrole nitrogens is 1. The number of nitrogens with one attached hydrogen (secondary N) is 1. The Hall–Kier alpha value is -2.58. The molecular weight excluding hydrogens is 384 g/mol. The molecule has 3 aromatic rings. The molecule has 0 bridgehead atoms. The molecule has 0 saturated carbocycles. The van der Waals surface area contributed by atoms with Crippen LogP contribution in [0.25, 0.3) is 17.1 Å². The van der Waals surface area contributed by atoms with Crippen LogP contribution in [0.4, 0.5) is 5.95 Å². The zero-order valence-corrected chi connectivity index (χ0v) is 18.1. The van der Waals surface area contributed by atoms with E-state index < -0.39 is 0 Å². The molecule has 1 fully saturated rings. The number of hydrogen-bond acceptors (Lipinski definition) is 6. The van der Waals surface area contributed by atoms with Crippen LogP contribution in [0, 0.1) is 18.6 Å². The molecule has 152 valence electrons. The fourth-order valence-electron chi connectivity index (χ4n) is 3.81. The van der Waals surface area contributed by atoms with Gasteiger partial charge in [-0.2, -0.15) is 5.10 Å². The maximum absolute atomic E-state index is 5.53. The molecule has 0 radical (unpaired) electrons. The molecule has 1 aliphatic rings. The van der Waals surface area contributed by atoms with Crippen molar-refractivity contribution >= 4 is 18.2 Å². The molecule has 1 N–H and O–H groups in total. The average molecular weight is 411 g/mol. The van der Waals surface area contributed by atoms with E-state index >= 15 is 0 Å². The van der Waals surface area contributed by atoms with Gasteiger partial charge in [-0.25, -0.2) is 9.97 Å². The summed E-state index contributed by atoms with van der Waals surface area (Å²) in [5.41, 5.74) is 5.61. The molecule has 1 saturated heterocycles. The first-order valence-corrected chi connectivity index (χ1v) is 10.3. The van der Waals surface area contributed by atoms with Gasteiger partial charge in [0.15, 0.2) is 10.6 Å². The molecule has 7 nitrogen and oxygen atoms in total. The van der Waals surface area contributed by atoms with Gasteiger partial charge < -0.3 is 9.64 Å². The zero-order chi connectivity index (χ0) is 20.5. The summed E-state index contributed by atoms with van der Waals surface area (Å²) >= 11 is 5.53. The lowest BCUT2D eigenvalue weighted by Gasteiger charge is -2.26. The number of morpholine rings is 1. The molecule has 29 heavy (non-hydrogen) atoms. The summed E-state index contributed by atoms with van der Waals surface area (Å²) in [5.74, 6) is 1.92. The first kappa shape index (κ1) is 19.7. The quantitative estimate of drug-likeness (QED) is 0.657. The fraction of sp³-hybridized carbons (Fsp3) is 0.429. The minimum Gasteiger partial charge on any atom is -0.378 e. The smallest absolute Gasteiger partial charge is 0.225 e. The van der Waals surface area contributed by atoms with Crippen LogP contribution in [-0.4, -0.2) is 51.0 Å². The monoisotopic (exact) mass is 410 g/mol. The van der Waals surface area contributed by atoms with Gasteiger partial charge in [0.05, 0.1) is 31.3 Å². The minimum absolute atomic E-state index is 0.431. The minimum atomic E-state index is 0.431. The summed E-state index contributed by atoms with van der Waals surface area (Å²) in [6.07, 6.45) is 3.61. The molecule has 1 aliphatic heterocycles. The Bertz CT molecular complexity index is 1060. The van der Waals surface area contributed by atoms with Crippen LogP contribution >= 0.6 is 12.2 Å². The first-order valence-electron chi connectivity index (χ1n) is 9.89. The van der Waals surface area contributed by atoms with Crippen molar-refractivity contribution in [3.8, 4) is 17.1 Å². The normalized spacial score (nSPS) is 14.6. The maximum Gasteiger partial charge on any atom is 0.225 e. The molecule has 0 spiro atoms. The number of aromatic amines is 1. The van der Waals surface area contributed by atoms with E-state index in [4.69, 9.17) is 17.0 Å². The second-order valence-corrected chi connectivity index (χ2v) is 8.09. The molecule has 8 heteroatoms. The summed E-state index contributed by atoms with van der Waals surface area (Å²) in [6, 6.07) is 4.44. The Morgan fingerprint density at radius 3 is 2.41 bits per heavy atom. The standard InChI is InChI=1S/C21H26N6OS/c1-13(2)17-10-18(15(4)9-14(17)3)19-24-25-21(29)27(19)16-11-22-20(23-12-16)26-5-7-28-8-6-26/h9-13H,5-8H2,1-4H3,(H,25,29). The third kappa shape index (κ3) is 3.82. The van der Waals surface area contributed by atoms with Crippen molar-refractivity contribution in [2.75, 3.05) is 31.2 Å². The summed E-state index contributed by atoms with van der Waals surface area (Å²) < 4.78 is 7.83. The molecule has 4 rings (SSSR count). The van der Waals surface area contributed by atoms with Crippen molar-refractivity contribution < 1.29 is 4.74 Å². The van der Waals surface area contributed by atoms with Gasteiger partial charge in [-0.3, -0.25) is 9.67 Å². The number of anilines is 1. The van der Waals surface area contributed by atoms with E-state index in [9.17, 15) is 0 Å². The van der Waals surface area contributed by atoms with Crippen LogP contribution < -0.4 is 4.90 Å². The van der Waals surface area contributed by atoms with E-state index in [1.165, 1.54) is 11.1 Å². The highest BCUT2D eigenvalue weighted by Gasteiger charge is 2.18. The molecule has 3 heterocycles. The Labute approximate surface area is 175 Å². The second kappa shape index (κ2) is 8.04. The Kier molecular flexibility index (Phi) is 5.47. The van der Waals surface area contributed by atoms with Crippen molar-refractivity contribution in [3.63, 3.8) is 0 Å². The molecule has 0 amide bonds. The second-order valence-electron chi connectivity index (χ2n) is 7.71. The van der Waals surface area contributed by atoms with Gasteiger partial charge in [-0.05, 0) is 54.7 Å². The van der Waals surface area contributed by atoms with Gasteiger partial charge in [-0.15, -0.1) is 0 Å². The van der Waals surface area contributed by atoms with Crippen molar-refractivity contribution in [1.29, 1.82) is 0 Å². The van der Waals surface area contributed by atoms with E-state index in [2.05, 4.69) is 64.9 Å². The number of benzene rings is 1. The van der Waals surface area contributed by atoms with Gasteiger partial charge in [-0.1, -0.05) is 19.9 Å². The van der Waals surface area contributed by atoms with Crippen molar-refractivity contribution in [1.82, 2.24) is 24.7 Å². The highest BCUT2D eigenvalue weighted by molar-refractivity contribution is 7.71. The predicted molar refractivity (Wildman–Crippen MR) is 116 cm³/mol. The van der Waals surface area contributed by atoms with E-state index in [0.717, 1.165) is 35.7 Å². The molecule has 0 unspecified atom stereocenters. The van der Waals surface area contributed by atoms with E-state index in [0.29, 0.717) is 29.9 Å². The lowest BCUT2D eigenvalue weighted by molar-refractivity contribution is 0.122. The number of hydrogen-bond donors (Lipinski definition) is 1. The van der Waals surface area contributed by atoms with E-state index in [1.54, 1.807) is 12.4 Å². The molecule has 2 aromatic heterocycles. The summed E-state index contributed by atoms with van der Waals surface area (Å²) in [4.78, 5) is 11.3. The van der Waals surface area contributed by atoms with Gasteiger partial charge in [0.25, 0.3) is 0 Å². The van der Waals surface area contributed by atoms with Gasteiger partial charge >= 0.3 is 0 Å². The zero-order valence-electron chi connectivity index (χ0n) is 17.3. The number of aromatic nitrogens is 5. The van der Waals surface area contributed by atoms with Crippen LogP contribution in [0.2, 0.25) is 0 Å². The summed E-state index contributed by atoms with van der Waals surface area (Å²) in [5, 5.41) is 7.46. The van der Waals surface area contributed by atoms with Crippen LogP contribution in [0.15, 0.2) is 24.5 Å². The molecule has 0 atom stereocenters. The van der Waals surface area contributed by atoms with Gasteiger partial charge in [0, 0.05) is 18.7 Å². The highest BCUT2D eigenvalue weighted by atomic mass is 32.1. The molecule has 1 aromatic carbocycles. The first-order chi connectivity index (χ1) is 14.0. The average Bonchev–Trinajstić information content (AvgIpc) is 3.10.